The first-order valence-electron chi connectivity index (χ1n) is 7.33. The number of carbonyl (C=O) groups is 2. The van der Waals surface area contributed by atoms with E-state index in [0.29, 0.717) is 5.69 Å². The molecule has 0 aromatic heterocycles. The number of hydrogen-bond acceptors (Lipinski definition) is 2. The van der Waals surface area contributed by atoms with Crippen LogP contribution in [0.2, 0.25) is 10.0 Å². The predicted octanol–water partition coefficient (Wildman–Crippen LogP) is 5.27. The fourth-order valence-electron chi connectivity index (χ4n) is 2.47. The van der Waals surface area contributed by atoms with E-state index in [1.807, 2.05) is 6.07 Å². The van der Waals surface area contributed by atoms with Gasteiger partial charge in [-0.25, -0.2) is 4.79 Å². The van der Waals surface area contributed by atoms with Crippen LogP contribution < -0.4 is 10.6 Å². The Morgan fingerprint density at radius 2 is 1.52 bits per heavy atom. The summed E-state index contributed by atoms with van der Waals surface area (Å²) in [4.78, 5) is 24.2. The summed E-state index contributed by atoms with van der Waals surface area (Å²) >= 11 is 24.0. The van der Waals surface area contributed by atoms with Gasteiger partial charge in [-0.3, -0.25) is 10.1 Å². The van der Waals surface area contributed by atoms with Crippen molar-refractivity contribution in [3.05, 3.63) is 63.6 Å². The minimum absolute atomic E-state index is 0.0441. The fraction of sp³-hybridized carbons (Fsp3) is 0.176. The van der Waals surface area contributed by atoms with Crippen LogP contribution in [0.25, 0.3) is 0 Å². The molecule has 25 heavy (non-hydrogen) atoms. The molecule has 3 amide bonds. The highest BCUT2D eigenvalue weighted by Gasteiger charge is 2.48. The summed E-state index contributed by atoms with van der Waals surface area (Å²) < 4.78 is 0. The van der Waals surface area contributed by atoms with Crippen LogP contribution in [0.15, 0.2) is 42.5 Å². The highest BCUT2D eigenvalue weighted by atomic mass is 35.5. The number of anilines is 1. The predicted molar refractivity (Wildman–Crippen MR) is 101 cm³/mol. The van der Waals surface area contributed by atoms with Gasteiger partial charge in [0.05, 0.1) is 26.4 Å². The molecule has 4 nitrogen and oxygen atoms in total. The van der Waals surface area contributed by atoms with E-state index < -0.39 is 11.9 Å². The number of benzene rings is 2. The molecule has 1 fully saturated rings. The maximum atomic E-state index is 12.2. The van der Waals surface area contributed by atoms with Crippen molar-refractivity contribution in [2.45, 2.75) is 16.7 Å². The van der Waals surface area contributed by atoms with Crippen molar-refractivity contribution in [2.75, 3.05) is 5.32 Å². The second-order valence-electron chi connectivity index (χ2n) is 5.55. The van der Waals surface area contributed by atoms with Crippen LogP contribution in [0, 0.1) is 0 Å². The summed E-state index contributed by atoms with van der Waals surface area (Å²) in [5, 5.41) is 4.88. The van der Waals surface area contributed by atoms with Crippen molar-refractivity contribution in [2.24, 2.45) is 0 Å². The molecule has 2 aromatic carbocycles. The average molecular weight is 418 g/mol. The lowest BCUT2D eigenvalue weighted by atomic mass is 10.1. The lowest BCUT2D eigenvalue weighted by Gasteiger charge is -2.10. The average Bonchev–Trinajstić information content (AvgIpc) is 3.14. The van der Waals surface area contributed by atoms with Gasteiger partial charge in [0.1, 0.15) is 0 Å². The summed E-state index contributed by atoms with van der Waals surface area (Å²) in [5.74, 6) is -0.634. The summed E-state index contributed by atoms with van der Waals surface area (Å²) in [6.07, 6.45) is 0. The number of halogens is 4. The number of urea groups is 1. The van der Waals surface area contributed by atoms with Gasteiger partial charge in [0, 0.05) is 11.6 Å². The van der Waals surface area contributed by atoms with Crippen LogP contribution in [-0.2, 0) is 0 Å². The zero-order chi connectivity index (χ0) is 18.1. The minimum atomic E-state index is -0.696. The lowest BCUT2D eigenvalue weighted by molar-refractivity contribution is 0.0967. The molecule has 1 aliphatic carbocycles. The van der Waals surface area contributed by atoms with Gasteiger partial charge in [-0.1, -0.05) is 41.4 Å². The van der Waals surface area contributed by atoms with Crippen LogP contribution in [0.4, 0.5) is 10.5 Å². The molecule has 2 N–H and O–H groups in total. The molecule has 0 radical (unpaired) electrons. The quantitative estimate of drug-likeness (QED) is 0.668. The summed E-state index contributed by atoms with van der Waals surface area (Å²) in [6, 6.07) is 11.1. The number of carbonyl (C=O) groups excluding carboxylic acids is 2. The number of amides is 3. The Morgan fingerprint density at radius 3 is 2.12 bits per heavy atom. The van der Waals surface area contributed by atoms with Crippen LogP contribution in [0.3, 0.4) is 0 Å². The third kappa shape index (κ3) is 4.04. The number of hydrogen-bond donors (Lipinski definition) is 2. The van der Waals surface area contributed by atoms with Crippen molar-refractivity contribution < 1.29 is 9.59 Å². The standard InChI is InChI=1S/C17H12Cl4N2O2/c18-10-5-2-6-11(19)13(10)16(24)23-17(25)22-9-4-1-3-8(7-9)12-14(20)15(12)21/h1-7,12,14-15H,(H2,22,23,24,25). The lowest BCUT2D eigenvalue weighted by Crippen LogP contribution is -2.34. The highest BCUT2D eigenvalue weighted by Crippen LogP contribution is 2.49. The molecular weight excluding hydrogens is 406 g/mol. The summed E-state index contributed by atoms with van der Waals surface area (Å²) in [6.45, 7) is 0. The van der Waals surface area contributed by atoms with Gasteiger partial charge in [0.2, 0.25) is 0 Å². The van der Waals surface area contributed by atoms with Crippen LogP contribution in [-0.4, -0.2) is 22.7 Å². The molecule has 8 heteroatoms. The minimum Gasteiger partial charge on any atom is -0.308 e. The SMILES string of the molecule is O=C(NC(=O)c1c(Cl)cccc1Cl)Nc1cccc(C2C(Cl)C2Cl)c1. The molecule has 1 saturated carbocycles. The van der Waals surface area contributed by atoms with Gasteiger partial charge in [0.15, 0.2) is 0 Å². The Balaban J connectivity index is 1.67. The molecule has 0 spiro atoms. The highest BCUT2D eigenvalue weighted by molar-refractivity contribution is 6.40. The van der Waals surface area contributed by atoms with E-state index in [1.54, 1.807) is 24.3 Å². The van der Waals surface area contributed by atoms with E-state index in [1.165, 1.54) is 12.1 Å². The first kappa shape index (κ1) is 18.3. The Morgan fingerprint density at radius 1 is 0.920 bits per heavy atom. The maximum Gasteiger partial charge on any atom is 0.326 e. The first-order valence-corrected chi connectivity index (χ1v) is 8.96. The molecule has 0 saturated heterocycles. The molecule has 0 aliphatic heterocycles. The molecule has 0 bridgehead atoms. The van der Waals surface area contributed by atoms with Crippen molar-refractivity contribution in [3.63, 3.8) is 0 Å². The molecular formula is C17H12Cl4N2O2. The van der Waals surface area contributed by atoms with Crippen molar-refractivity contribution >= 4 is 64.0 Å². The zero-order valence-electron chi connectivity index (χ0n) is 12.6. The number of imide groups is 1. The smallest absolute Gasteiger partial charge is 0.308 e. The molecule has 3 rings (SSSR count). The normalized spacial score (nSPS) is 21.5. The number of nitrogens with one attached hydrogen (secondary N) is 2. The summed E-state index contributed by atoms with van der Waals surface area (Å²) in [7, 11) is 0. The van der Waals surface area contributed by atoms with E-state index in [2.05, 4.69) is 10.6 Å². The topological polar surface area (TPSA) is 58.2 Å². The van der Waals surface area contributed by atoms with Crippen molar-refractivity contribution in [1.29, 1.82) is 0 Å². The molecule has 2 atom stereocenters. The Hall–Kier alpha value is -1.46. The van der Waals surface area contributed by atoms with Gasteiger partial charge >= 0.3 is 6.03 Å². The number of rotatable bonds is 3. The third-order valence-electron chi connectivity index (χ3n) is 3.80. The molecule has 130 valence electrons. The molecule has 2 unspecified atom stereocenters. The van der Waals surface area contributed by atoms with Crippen LogP contribution in [0.1, 0.15) is 21.8 Å². The zero-order valence-corrected chi connectivity index (χ0v) is 15.6. The van der Waals surface area contributed by atoms with Crippen LogP contribution >= 0.6 is 46.4 Å². The van der Waals surface area contributed by atoms with Gasteiger partial charge < -0.3 is 5.32 Å². The van der Waals surface area contributed by atoms with E-state index in [9.17, 15) is 9.59 Å². The van der Waals surface area contributed by atoms with Gasteiger partial charge in [-0.05, 0) is 29.8 Å². The second-order valence-corrected chi connectivity index (χ2v) is 7.37. The largest absolute Gasteiger partial charge is 0.326 e. The van der Waals surface area contributed by atoms with E-state index >= 15 is 0 Å². The Kier molecular flexibility index (Phi) is 5.44. The Labute approximate surface area is 164 Å². The fourth-order valence-corrected chi connectivity index (χ4v) is 3.87. The van der Waals surface area contributed by atoms with E-state index in [-0.39, 0.29) is 32.3 Å². The van der Waals surface area contributed by atoms with Crippen LogP contribution in [0.5, 0.6) is 0 Å². The Bertz CT molecular complexity index is 815. The van der Waals surface area contributed by atoms with E-state index in [0.717, 1.165) is 5.56 Å². The van der Waals surface area contributed by atoms with Crippen molar-refractivity contribution in [3.8, 4) is 0 Å². The third-order valence-corrected chi connectivity index (χ3v) is 5.64. The summed E-state index contributed by atoms with van der Waals surface area (Å²) in [5.41, 5.74) is 1.49. The molecule has 2 aromatic rings. The second kappa shape index (κ2) is 7.42. The monoisotopic (exact) mass is 416 g/mol. The molecule has 1 aliphatic rings. The maximum absolute atomic E-state index is 12.2. The van der Waals surface area contributed by atoms with Crippen molar-refractivity contribution in [1.82, 2.24) is 5.32 Å². The van der Waals surface area contributed by atoms with Gasteiger partial charge in [0.25, 0.3) is 5.91 Å². The molecule has 0 heterocycles. The number of alkyl halides is 2. The first-order chi connectivity index (χ1) is 11.9. The van der Waals surface area contributed by atoms with Gasteiger partial charge in [-0.15, -0.1) is 23.2 Å². The van der Waals surface area contributed by atoms with E-state index in [4.69, 9.17) is 46.4 Å². The van der Waals surface area contributed by atoms with Gasteiger partial charge in [-0.2, -0.15) is 0 Å².